The summed E-state index contributed by atoms with van der Waals surface area (Å²) in [4.78, 5) is 18.6. The molecule has 1 amide bonds. The van der Waals surface area contributed by atoms with Crippen LogP contribution >= 0.6 is 0 Å². The van der Waals surface area contributed by atoms with E-state index in [4.69, 9.17) is 9.47 Å². The first-order chi connectivity index (χ1) is 18.8. The third-order valence-electron chi connectivity index (χ3n) is 6.91. The molecule has 0 bridgehead atoms. The van der Waals surface area contributed by atoms with Crippen LogP contribution in [0.25, 0.3) is 10.9 Å². The Morgan fingerprint density at radius 2 is 1.72 bits per heavy atom. The number of methoxy groups -OCH3 is 1. The lowest BCUT2D eigenvalue weighted by molar-refractivity contribution is -0.141. The SMILES string of the molecule is COc1ccc2nc(C(F)(F)F)cc(OCC(=O)Nc3ccc(N4CCC(c5ccccc5)CC4)cc3)c2c1. The van der Waals surface area contributed by atoms with Crippen molar-refractivity contribution in [2.75, 3.05) is 37.0 Å². The molecule has 0 saturated carbocycles. The van der Waals surface area contributed by atoms with E-state index in [2.05, 4.69) is 39.5 Å². The molecule has 39 heavy (non-hydrogen) atoms. The minimum Gasteiger partial charge on any atom is -0.497 e. The molecule has 0 atom stereocenters. The van der Waals surface area contributed by atoms with Crippen molar-refractivity contribution in [3.8, 4) is 11.5 Å². The summed E-state index contributed by atoms with van der Waals surface area (Å²) >= 11 is 0. The summed E-state index contributed by atoms with van der Waals surface area (Å²) < 4.78 is 50.8. The van der Waals surface area contributed by atoms with Crippen molar-refractivity contribution in [3.63, 3.8) is 0 Å². The van der Waals surface area contributed by atoms with E-state index in [9.17, 15) is 18.0 Å². The lowest BCUT2D eigenvalue weighted by atomic mass is 9.89. The summed E-state index contributed by atoms with van der Waals surface area (Å²) in [5.74, 6) is 0.401. The van der Waals surface area contributed by atoms with Crippen LogP contribution in [0.15, 0.2) is 78.9 Å². The molecule has 202 valence electrons. The van der Waals surface area contributed by atoms with E-state index in [0.29, 0.717) is 22.7 Å². The van der Waals surface area contributed by atoms with Gasteiger partial charge in [-0.05, 0) is 66.8 Å². The average Bonchev–Trinajstić information content (AvgIpc) is 2.96. The Hall–Kier alpha value is -4.27. The summed E-state index contributed by atoms with van der Waals surface area (Å²) in [5, 5.41) is 3.06. The van der Waals surface area contributed by atoms with Crippen molar-refractivity contribution in [1.29, 1.82) is 0 Å². The average molecular weight is 536 g/mol. The fraction of sp³-hybridized carbons (Fsp3) is 0.267. The number of piperidine rings is 1. The van der Waals surface area contributed by atoms with Gasteiger partial charge in [0.25, 0.3) is 5.91 Å². The van der Waals surface area contributed by atoms with Gasteiger partial charge in [0.1, 0.15) is 17.2 Å². The molecule has 3 aromatic carbocycles. The van der Waals surface area contributed by atoms with E-state index < -0.39 is 24.4 Å². The zero-order chi connectivity index (χ0) is 27.4. The Morgan fingerprint density at radius 1 is 1.00 bits per heavy atom. The zero-order valence-electron chi connectivity index (χ0n) is 21.4. The number of hydrogen-bond donors (Lipinski definition) is 1. The van der Waals surface area contributed by atoms with Gasteiger partial charge in [-0.15, -0.1) is 0 Å². The van der Waals surface area contributed by atoms with E-state index >= 15 is 0 Å². The molecule has 1 aliphatic rings. The Balaban J connectivity index is 1.20. The van der Waals surface area contributed by atoms with Gasteiger partial charge in [-0.25, -0.2) is 4.98 Å². The van der Waals surface area contributed by atoms with Gasteiger partial charge in [0.2, 0.25) is 0 Å². The molecule has 0 spiro atoms. The standard InChI is InChI=1S/C30H28F3N3O3/c1-38-24-11-12-26-25(17-24)27(18-28(35-26)30(31,32)33)39-19-29(37)34-22-7-9-23(10-8-22)36-15-13-21(14-16-36)20-5-3-2-4-6-20/h2-12,17-18,21H,13-16,19H2,1H3,(H,34,37). The van der Waals surface area contributed by atoms with Crippen LogP contribution in [0.3, 0.4) is 0 Å². The second kappa shape index (κ2) is 11.2. The van der Waals surface area contributed by atoms with Crippen LogP contribution < -0.4 is 19.7 Å². The van der Waals surface area contributed by atoms with E-state index in [1.807, 2.05) is 30.3 Å². The number of hydrogen-bond acceptors (Lipinski definition) is 5. The fourth-order valence-electron chi connectivity index (χ4n) is 4.86. The number of carbonyl (C=O) groups is 1. The molecule has 1 fully saturated rings. The first-order valence-corrected chi connectivity index (χ1v) is 12.7. The fourth-order valence-corrected chi connectivity index (χ4v) is 4.86. The number of nitrogens with one attached hydrogen (secondary N) is 1. The molecule has 0 unspecified atom stereocenters. The number of benzene rings is 3. The number of fused-ring (bicyclic) bond motifs is 1. The monoisotopic (exact) mass is 535 g/mol. The number of ether oxygens (including phenoxy) is 2. The molecule has 5 rings (SSSR count). The van der Waals surface area contributed by atoms with Crippen molar-refractivity contribution in [2.24, 2.45) is 0 Å². The maximum Gasteiger partial charge on any atom is 0.433 e. The second-order valence-corrected chi connectivity index (χ2v) is 9.44. The van der Waals surface area contributed by atoms with Gasteiger partial charge >= 0.3 is 6.18 Å². The lowest BCUT2D eigenvalue weighted by Crippen LogP contribution is -2.32. The predicted octanol–water partition coefficient (Wildman–Crippen LogP) is 6.66. The van der Waals surface area contributed by atoms with Crippen LogP contribution in [0, 0.1) is 0 Å². The molecule has 2 heterocycles. The second-order valence-electron chi connectivity index (χ2n) is 9.44. The Morgan fingerprint density at radius 3 is 2.38 bits per heavy atom. The quantitative estimate of drug-likeness (QED) is 0.287. The molecular weight excluding hydrogens is 507 g/mol. The first kappa shape index (κ1) is 26.3. The number of carbonyl (C=O) groups excluding carboxylic acids is 1. The van der Waals surface area contributed by atoms with E-state index in [-0.39, 0.29) is 11.3 Å². The topological polar surface area (TPSA) is 63.7 Å². The lowest BCUT2D eigenvalue weighted by Gasteiger charge is -2.34. The van der Waals surface area contributed by atoms with Gasteiger partial charge in [-0.3, -0.25) is 4.79 Å². The highest BCUT2D eigenvalue weighted by Gasteiger charge is 2.34. The smallest absolute Gasteiger partial charge is 0.433 e. The minimum atomic E-state index is -4.66. The molecular formula is C30H28F3N3O3. The Bertz CT molecular complexity index is 1440. The largest absolute Gasteiger partial charge is 0.497 e. The summed E-state index contributed by atoms with van der Waals surface area (Å²) in [7, 11) is 1.45. The van der Waals surface area contributed by atoms with E-state index in [1.165, 1.54) is 30.9 Å². The number of aromatic nitrogens is 1. The Labute approximate surface area is 224 Å². The van der Waals surface area contributed by atoms with Crippen LogP contribution in [-0.4, -0.2) is 37.7 Å². The number of pyridine rings is 1. The summed E-state index contributed by atoms with van der Waals surface area (Å²) in [6, 6.07) is 23.4. The number of halogens is 3. The van der Waals surface area contributed by atoms with Gasteiger partial charge < -0.3 is 19.7 Å². The highest BCUT2D eigenvalue weighted by atomic mass is 19.4. The normalized spacial score (nSPS) is 14.3. The molecule has 1 saturated heterocycles. The van der Waals surface area contributed by atoms with Crippen LogP contribution in [-0.2, 0) is 11.0 Å². The molecule has 1 aliphatic heterocycles. The molecule has 1 aromatic heterocycles. The number of anilines is 2. The zero-order valence-corrected chi connectivity index (χ0v) is 21.4. The minimum absolute atomic E-state index is 0.0874. The molecule has 4 aromatic rings. The van der Waals surface area contributed by atoms with Gasteiger partial charge in [0.15, 0.2) is 6.61 Å². The highest BCUT2D eigenvalue weighted by molar-refractivity contribution is 5.93. The van der Waals surface area contributed by atoms with Crippen LogP contribution in [0.1, 0.15) is 30.0 Å². The number of nitrogens with zero attached hydrogens (tertiary/aromatic N) is 2. The number of rotatable bonds is 7. The van der Waals surface area contributed by atoms with Crippen molar-refractivity contribution >= 4 is 28.2 Å². The summed E-state index contributed by atoms with van der Waals surface area (Å²) in [5.41, 5.74) is 2.02. The number of amides is 1. The third kappa shape index (κ3) is 6.25. The molecule has 6 nitrogen and oxygen atoms in total. The van der Waals surface area contributed by atoms with Crippen LogP contribution in [0.5, 0.6) is 11.5 Å². The summed E-state index contributed by atoms with van der Waals surface area (Å²) in [6.07, 6.45) is -2.51. The van der Waals surface area contributed by atoms with E-state index in [1.54, 1.807) is 0 Å². The van der Waals surface area contributed by atoms with Crippen LogP contribution in [0.2, 0.25) is 0 Å². The van der Waals surface area contributed by atoms with Gasteiger partial charge in [-0.2, -0.15) is 13.2 Å². The van der Waals surface area contributed by atoms with Crippen molar-refractivity contribution in [1.82, 2.24) is 4.98 Å². The van der Waals surface area contributed by atoms with E-state index in [0.717, 1.165) is 37.7 Å². The van der Waals surface area contributed by atoms with Crippen molar-refractivity contribution in [3.05, 3.63) is 90.1 Å². The van der Waals surface area contributed by atoms with Crippen molar-refractivity contribution < 1.29 is 27.4 Å². The molecule has 0 radical (unpaired) electrons. The highest BCUT2D eigenvalue weighted by Crippen LogP contribution is 2.36. The number of alkyl halides is 3. The van der Waals surface area contributed by atoms with Gasteiger partial charge in [0.05, 0.1) is 12.6 Å². The molecule has 1 N–H and O–H groups in total. The summed E-state index contributed by atoms with van der Waals surface area (Å²) in [6.45, 7) is 1.43. The third-order valence-corrected chi connectivity index (χ3v) is 6.91. The first-order valence-electron chi connectivity index (χ1n) is 12.7. The van der Waals surface area contributed by atoms with Crippen molar-refractivity contribution in [2.45, 2.75) is 24.9 Å². The molecule has 0 aliphatic carbocycles. The maximum absolute atomic E-state index is 13.4. The molecule has 9 heteroatoms. The Kier molecular flexibility index (Phi) is 7.58. The maximum atomic E-state index is 13.4. The van der Waals surface area contributed by atoms with Gasteiger partial charge in [-0.1, -0.05) is 30.3 Å². The van der Waals surface area contributed by atoms with Gasteiger partial charge in [0, 0.05) is 35.9 Å². The predicted molar refractivity (Wildman–Crippen MR) is 144 cm³/mol. The van der Waals surface area contributed by atoms with Crippen LogP contribution in [0.4, 0.5) is 24.5 Å².